The second-order valence-electron chi connectivity index (χ2n) is 5.78. The fourth-order valence-electron chi connectivity index (χ4n) is 2.86. The lowest BCUT2D eigenvalue weighted by atomic mass is 10.0. The molecule has 0 fully saturated rings. The summed E-state index contributed by atoms with van der Waals surface area (Å²) in [7, 11) is -0.648. The third-order valence-electron chi connectivity index (χ3n) is 4.33. The minimum atomic E-state index is -0.648. The molecule has 23 heavy (non-hydrogen) atoms. The van der Waals surface area contributed by atoms with Crippen molar-refractivity contribution in [3.63, 3.8) is 0 Å². The van der Waals surface area contributed by atoms with Crippen LogP contribution in [0.2, 0.25) is 5.02 Å². The summed E-state index contributed by atoms with van der Waals surface area (Å²) in [4.78, 5) is 0. The van der Waals surface area contributed by atoms with Gasteiger partial charge in [-0.3, -0.25) is 0 Å². The van der Waals surface area contributed by atoms with E-state index in [2.05, 4.69) is 87.5 Å². The highest BCUT2D eigenvalue weighted by Gasteiger charge is 2.22. The van der Waals surface area contributed by atoms with Crippen molar-refractivity contribution in [2.45, 2.75) is 20.8 Å². The molecule has 3 aromatic rings. The predicted molar refractivity (Wildman–Crippen MR) is 104 cm³/mol. The maximum atomic E-state index is 6.72. The molecule has 0 atom stereocenters. The molecule has 116 valence electrons. The highest BCUT2D eigenvalue weighted by molar-refractivity contribution is 7.80. The molecule has 2 heteroatoms. The van der Waals surface area contributed by atoms with Gasteiger partial charge in [0.25, 0.3) is 0 Å². The van der Waals surface area contributed by atoms with Gasteiger partial charge in [0.15, 0.2) is 0 Å². The Balaban J connectivity index is 2.28. The van der Waals surface area contributed by atoms with Crippen LogP contribution in [-0.2, 0) is 0 Å². The molecule has 0 aromatic heterocycles. The smallest absolute Gasteiger partial charge is 0.0494 e. The lowest BCUT2D eigenvalue weighted by Gasteiger charge is -2.24. The minimum absolute atomic E-state index is 0.648. The van der Waals surface area contributed by atoms with Crippen LogP contribution in [-0.4, -0.2) is 0 Å². The summed E-state index contributed by atoms with van der Waals surface area (Å²) in [6.45, 7) is 6.52. The zero-order chi connectivity index (χ0) is 16.4. The van der Waals surface area contributed by atoms with Crippen LogP contribution in [0, 0.1) is 20.8 Å². The molecular weight excluding hydrogens is 319 g/mol. The summed E-state index contributed by atoms with van der Waals surface area (Å²) in [5, 5.41) is 4.83. The Hall–Kier alpha value is -1.62. The Labute approximate surface area is 144 Å². The summed E-state index contributed by atoms with van der Waals surface area (Å²) in [6.07, 6.45) is 0. The highest BCUT2D eigenvalue weighted by Crippen LogP contribution is 2.38. The normalized spacial score (nSPS) is 11.0. The molecule has 0 nitrogen and oxygen atoms in total. The molecule has 0 spiro atoms. The first-order valence-corrected chi connectivity index (χ1v) is 9.48. The SMILES string of the molecule is Cc1cc(Cl)c(P(c2ccccc2)c2ccccc2)c(C)c1C. The zero-order valence-electron chi connectivity index (χ0n) is 13.7. The van der Waals surface area contributed by atoms with Crippen LogP contribution in [0.15, 0.2) is 66.7 Å². The van der Waals surface area contributed by atoms with Crippen LogP contribution >= 0.6 is 19.5 Å². The average molecular weight is 339 g/mol. The molecule has 0 aliphatic rings. The Kier molecular flexibility index (Phi) is 4.85. The first-order chi connectivity index (χ1) is 11.1. The van der Waals surface area contributed by atoms with E-state index >= 15 is 0 Å². The van der Waals surface area contributed by atoms with Crippen LogP contribution in [0.25, 0.3) is 0 Å². The fourth-order valence-corrected chi connectivity index (χ4v) is 5.95. The second-order valence-corrected chi connectivity index (χ2v) is 8.34. The number of benzene rings is 3. The third kappa shape index (κ3) is 3.20. The molecule has 3 rings (SSSR count). The molecule has 0 bridgehead atoms. The van der Waals surface area contributed by atoms with Gasteiger partial charge >= 0.3 is 0 Å². The number of halogens is 1. The van der Waals surface area contributed by atoms with Crippen molar-refractivity contribution in [3.05, 3.63) is 88.4 Å². The Morgan fingerprint density at radius 2 is 1.17 bits per heavy atom. The third-order valence-corrected chi connectivity index (χ3v) is 7.41. The van der Waals surface area contributed by atoms with Crippen molar-refractivity contribution in [1.29, 1.82) is 0 Å². The molecule has 0 radical (unpaired) electrons. The van der Waals surface area contributed by atoms with E-state index in [1.54, 1.807) is 0 Å². The topological polar surface area (TPSA) is 0 Å². The zero-order valence-corrected chi connectivity index (χ0v) is 15.3. The molecular formula is C21H20ClP. The largest absolute Gasteiger partial charge is 0.0836 e. The molecule has 3 aromatic carbocycles. The van der Waals surface area contributed by atoms with E-state index in [0.29, 0.717) is 0 Å². The summed E-state index contributed by atoms with van der Waals surface area (Å²) in [6, 6.07) is 23.5. The minimum Gasteiger partial charge on any atom is -0.0836 e. The molecule has 0 N–H and O–H groups in total. The molecule has 0 saturated heterocycles. The quantitative estimate of drug-likeness (QED) is 0.588. The molecule has 0 amide bonds. The Bertz CT molecular complexity index is 771. The van der Waals surface area contributed by atoms with Crippen LogP contribution in [0.1, 0.15) is 16.7 Å². The van der Waals surface area contributed by atoms with E-state index < -0.39 is 7.92 Å². The van der Waals surface area contributed by atoms with Crippen LogP contribution < -0.4 is 15.9 Å². The highest BCUT2D eigenvalue weighted by atomic mass is 35.5. The van der Waals surface area contributed by atoms with Gasteiger partial charge in [-0.2, -0.15) is 0 Å². The summed E-state index contributed by atoms with van der Waals surface area (Å²) in [5.74, 6) is 0. The standard InChI is InChI=1S/C21H20ClP/c1-15-14-20(22)21(17(3)16(15)2)23(18-10-6-4-7-11-18)19-12-8-5-9-13-19/h4-14H,1-3H3. The Morgan fingerprint density at radius 1 is 0.696 bits per heavy atom. The van der Waals surface area contributed by atoms with Crippen LogP contribution in [0.4, 0.5) is 0 Å². The fraction of sp³-hybridized carbons (Fsp3) is 0.143. The first kappa shape index (κ1) is 16.2. The lowest BCUT2D eigenvalue weighted by Crippen LogP contribution is -2.24. The maximum Gasteiger partial charge on any atom is 0.0494 e. The number of hydrogen-bond acceptors (Lipinski definition) is 0. The van der Waals surface area contributed by atoms with E-state index in [0.717, 1.165) is 5.02 Å². The van der Waals surface area contributed by atoms with Gasteiger partial charge in [0, 0.05) is 10.3 Å². The molecule has 0 heterocycles. The van der Waals surface area contributed by atoms with Gasteiger partial charge in [-0.15, -0.1) is 0 Å². The van der Waals surface area contributed by atoms with E-state index in [-0.39, 0.29) is 0 Å². The van der Waals surface area contributed by atoms with E-state index in [1.165, 1.54) is 32.6 Å². The predicted octanol–water partition coefficient (Wildman–Crippen LogP) is 5.02. The second kappa shape index (κ2) is 6.87. The molecule has 0 aliphatic heterocycles. The first-order valence-electron chi connectivity index (χ1n) is 7.76. The monoisotopic (exact) mass is 338 g/mol. The van der Waals surface area contributed by atoms with Crippen molar-refractivity contribution < 1.29 is 0 Å². The summed E-state index contributed by atoms with van der Waals surface area (Å²) < 4.78 is 0. The molecule has 0 saturated carbocycles. The van der Waals surface area contributed by atoms with Crippen molar-refractivity contribution in [3.8, 4) is 0 Å². The van der Waals surface area contributed by atoms with Gasteiger partial charge in [-0.1, -0.05) is 72.3 Å². The van der Waals surface area contributed by atoms with Gasteiger partial charge in [0.1, 0.15) is 0 Å². The van der Waals surface area contributed by atoms with Crippen molar-refractivity contribution in [1.82, 2.24) is 0 Å². The number of aryl methyl sites for hydroxylation is 1. The number of rotatable bonds is 3. The average Bonchev–Trinajstić information content (AvgIpc) is 2.58. The maximum absolute atomic E-state index is 6.72. The van der Waals surface area contributed by atoms with Gasteiger partial charge in [-0.05, 0) is 62.1 Å². The van der Waals surface area contributed by atoms with Gasteiger partial charge in [0.2, 0.25) is 0 Å². The van der Waals surface area contributed by atoms with E-state index in [1.807, 2.05) is 0 Å². The van der Waals surface area contributed by atoms with E-state index in [9.17, 15) is 0 Å². The molecule has 0 aliphatic carbocycles. The number of hydrogen-bond donors (Lipinski definition) is 0. The Morgan fingerprint density at radius 3 is 1.65 bits per heavy atom. The lowest BCUT2D eigenvalue weighted by molar-refractivity contribution is 1.28. The molecule has 0 unspecified atom stereocenters. The summed E-state index contributed by atoms with van der Waals surface area (Å²) in [5.41, 5.74) is 3.91. The van der Waals surface area contributed by atoms with Crippen molar-refractivity contribution in [2.75, 3.05) is 0 Å². The van der Waals surface area contributed by atoms with Crippen LogP contribution in [0.3, 0.4) is 0 Å². The van der Waals surface area contributed by atoms with E-state index in [4.69, 9.17) is 11.6 Å². The van der Waals surface area contributed by atoms with Crippen molar-refractivity contribution >= 4 is 35.4 Å². The van der Waals surface area contributed by atoms with Gasteiger partial charge < -0.3 is 0 Å². The summed E-state index contributed by atoms with van der Waals surface area (Å²) >= 11 is 6.72. The van der Waals surface area contributed by atoms with Crippen molar-refractivity contribution in [2.24, 2.45) is 0 Å². The van der Waals surface area contributed by atoms with Gasteiger partial charge in [-0.25, -0.2) is 0 Å². The van der Waals surface area contributed by atoms with Gasteiger partial charge in [0.05, 0.1) is 0 Å². The van der Waals surface area contributed by atoms with Crippen LogP contribution in [0.5, 0.6) is 0 Å².